The fourth-order valence-electron chi connectivity index (χ4n) is 7.00. The Morgan fingerprint density at radius 1 is 0.778 bits per heavy atom. The van der Waals surface area contributed by atoms with Crippen LogP contribution in [0.1, 0.15) is 145 Å². The van der Waals surface area contributed by atoms with Gasteiger partial charge in [0.05, 0.1) is 63.4 Å². The van der Waals surface area contributed by atoms with Gasteiger partial charge >= 0.3 is 11.9 Å². The van der Waals surface area contributed by atoms with E-state index >= 15 is 0 Å². The van der Waals surface area contributed by atoms with Gasteiger partial charge in [-0.3, -0.25) is 9.59 Å². The highest BCUT2D eigenvalue weighted by Crippen LogP contribution is 2.36. The van der Waals surface area contributed by atoms with Crippen LogP contribution in [-0.2, 0) is 33.3 Å². The maximum Gasteiger partial charge on any atom is 0.306 e. The van der Waals surface area contributed by atoms with Crippen molar-refractivity contribution in [3.63, 3.8) is 0 Å². The second-order valence-electron chi connectivity index (χ2n) is 16.2. The monoisotopic (exact) mass is 898 g/mol. The summed E-state index contributed by atoms with van der Waals surface area (Å²) in [7, 11) is 0. The second-order valence-corrected chi connectivity index (χ2v) is 17.2. The lowest BCUT2D eigenvalue weighted by atomic mass is 9.97. The Morgan fingerprint density at radius 3 is 1.97 bits per heavy atom. The van der Waals surface area contributed by atoms with E-state index in [1.54, 1.807) is 6.92 Å². The number of anilines is 1. The van der Waals surface area contributed by atoms with E-state index < -0.39 is 18.2 Å². The molecule has 0 saturated heterocycles. The molecule has 2 N–H and O–H groups in total. The number of aliphatic carboxylic acids is 1. The van der Waals surface area contributed by atoms with Gasteiger partial charge in [-0.25, -0.2) is 0 Å². The van der Waals surface area contributed by atoms with Crippen molar-refractivity contribution in [3.8, 4) is 12.1 Å². The highest BCUT2D eigenvalue weighted by molar-refractivity contribution is 7.16. The summed E-state index contributed by atoms with van der Waals surface area (Å²) in [6.07, 6.45) is 14.7. The van der Waals surface area contributed by atoms with Gasteiger partial charge < -0.3 is 38.8 Å². The molecule has 0 saturated carbocycles. The second kappa shape index (κ2) is 34.4. The number of ether oxygens (including phenoxy) is 5. The van der Waals surface area contributed by atoms with E-state index in [2.05, 4.69) is 48.0 Å². The van der Waals surface area contributed by atoms with Crippen LogP contribution in [0.5, 0.6) is 0 Å². The van der Waals surface area contributed by atoms with Crippen LogP contribution in [-0.4, -0.2) is 94.4 Å². The number of benzene rings is 1. The van der Waals surface area contributed by atoms with Gasteiger partial charge in [0.1, 0.15) is 23.6 Å². The molecule has 0 bridgehead atoms. The number of carbonyl (C=O) groups excluding carboxylic acids is 1. The van der Waals surface area contributed by atoms with Gasteiger partial charge in [0.2, 0.25) is 0 Å². The number of azo groups is 1. The summed E-state index contributed by atoms with van der Waals surface area (Å²) in [5.74, 6) is -1.44. The van der Waals surface area contributed by atoms with E-state index in [-0.39, 0.29) is 32.2 Å². The van der Waals surface area contributed by atoms with Crippen LogP contribution in [0, 0.1) is 48.3 Å². The minimum Gasteiger partial charge on any atom is -0.481 e. The molecule has 1 heterocycles. The maximum atomic E-state index is 12.2. The first-order chi connectivity index (χ1) is 30.5. The van der Waals surface area contributed by atoms with Crippen molar-refractivity contribution in [1.82, 2.24) is 0 Å². The standard InChI is InChI=1S/C48H75N5O9S/c1-6-8-10-12-14-16-18-37(3)32-45(54)61-31-29-60-27-26-58-24-22-53(23-25-59-28-30-62-46(55)34-40(48(56)57)19-17-15-13-11-9-7-2)41-20-21-43(38(4)33-41)51-52-47-42(35-49)39(5)44(36-50)63-47/h20-21,33,37,40,46,55H,6-19,22-32,34H2,1-5H3,(H,56,57)/b52-51+. The number of hydrogen-bond donors (Lipinski definition) is 2. The Bertz CT molecular complexity index is 1690. The zero-order chi connectivity index (χ0) is 46.1. The number of thiophene rings is 1. The smallest absolute Gasteiger partial charge is 0.306 e. The van der Waals surface area contributed by atoms with Crippen molar-refractivity contribution < 1.29 is 43.5 Å². The molecule has 15 heteroatoms. The predicted octanol–water partition coefficient (Wildman–Crippen LogP) is 10.9. The van der Waals surface area contributed by atoms with Crippen molar-refractivity contribution in [1.29, 1.82) is 10.5 Å². The molecule has 0 radical (unpaired) electrons. The molecular formula is C48H75N5O9S. The van der Waals surface area contributed by atoms with Gasteiger partial charge in [-0.15, -0.1) is 21.6 Å². The third kappa shape index (κ3) is 24.1. The molecule has 63 heavy (non-hydrogen) atoms. The normalized spacial score (nSPS) is 12.8. The molecule has 0 amide bonds. The Kier molecular flexibility index (Phi) is 30.2. The number of carboxylic acids is 1. The minimum absolute atomic E-state index is 0.0393. The molecule has 0 fully saturated rings. The van der Waals surface area contributed by atoms with Crippen molar-refractivity contribution in [2.24, 2.45) is 22.1 Å². The molecule has 1 aromatic carbocycles. The van der Waals surface area contributed by atoms with Crippen molar-refractivity contribution in [3.05, 3.63) is 39.8 Å². The fraction of sp³-hybridized carbons (Fsp3) is 0.708. The molecule has 1 aromatic heterocycles. The number of esters is 1. The molecule has 3 atom stereocenters. The van der Waals surface area contributed by atoms with Crippen molar-refractivity contribution in [2.75, 3.05) is 70.8 Å². The van der Waals surface area contributed by atoms with Gasteiger partial charge in [-0.1, -0.05) is 104 Å². The lowest BCUT2D eigenvalue weighted by Gasteiger charge is -2.25. The number of nitriles is 2. The highest BCUT2D eigenvalue weighted by Gasteiger charge is 2.22. The topological polar surface area (TPSA) is 196 Å². The van der Waals surface area contributed by atoms with E-state index in [4.69, 9.17) is 23.7 Å². The van der Waals surface area contributed by atoms with E-state index in [0.717, 1.165) is 67.5 Å². The average Bonchev–Trinajstić information content (AvgIpc) is 3.58. The molecule has 2 aromatic rings. The van der Waals surface area contributed by atoms with Crippen LogP contribution < -0.4 is 4.90 Å². The molecule has 0 aliphatic heterocycles. The van der Waals surface area contributed by atoms with Gasteiger partial charge in [-0.2, -0.15) is 10.5 Å². The van der Waals surface area contributed by atoms with E-state index in [0.29, 0.717) is 91.6 Å². The maximum absolute atomic E-state index is 12.2. The first kappa shape index (κ1) is 55.2. The summed E-state index contributed by atoms with van der Waals surface area (Å²) in [4.78, 5) is 26.6. The minimum atomic E-state index is -1.18. The molecule has 352 valence electrons. The number of carboxylic acid groups (broad SMARTS) is 1. The molecule has 0 aliphatic carbocycles. The summed E-state index contributed by atoms with van der Waals surface area (Å²) in [6.45, 7) is 13.5. The van der Waals surface area contributed by atoms with Crippen LogP contribution in [0.4, 0.5) is 16.4 Å². The number of aryl methyl sites for hydroxylation is 1. The largest absolute Gasteiger partial charge is 0.481 e. The lowest BCUT2D eigenvalue weighted by Crippen LogP contribution is -2.32. The average molecular weight is 898 g/mol. The van der Waals surface area contributed by atoms with Crippen LogP contribution in [0.3, 0.4) is 0 Å². The number of unbranched alkanes of at least 4 members (excludes halogenated alkanes) is 10. The Hall–Kier alpha value is -3.96. The van der Waals surface area contributed by atoms with Gasteiger partial charge in [0, 0.05) is 31.6 Å². The first-order valence-electron chi connectivity index (χ1n) is 23.2. The number of aliphatic hydroxyl groups excluding tert-OH is 1. The van der Waals surface area contributed by atoms with E-state index in [1.807, 2.05) is 25.1 Å². The molecule has 0 aliphatic rings. The summed E-state index contributed by atoms with van der Waals surface area (Å²) in [5, 5.41) is 48.1. The zero-order valence-electron chi connectivity index (χ0n) is 38.7. The Morgan fingerprint density at radius 2 is 1.37 bits per heavy atom. The van der Waals surface area contributed by atoms with Crippen LogP contribution in [0.25, 0.3) is 0 Å². The summed E-state index contributed by atoms with van der Waals surface area (Å²) < 4.78 is 28.3. The summed E-state index contributed by atoms with van der Waals surface area (Å²) >= 11 is 1.14. The number of nitrogens with zero attached hydrogens (tertiary/aromatic N) is 5. The zero-order valence-corrected chi connectivity index (χ0v) is 39.6. The highest BCUT2D eigenvalue weighted by atomic mass is 32.1. The number of carbonyl (C=O) groups is 2. The quantitative estimate of drug-likeness (QED) is 0.0280. The molecule has 2 rings (SSSR count). The van der Waals surface area contributed by atoms with E-state index in [9.17, 15) is 30.3 Å². The summed E-state index contributed by atoms with van der Waals surface area (Å²) in [5.41, 5.74) is 3.34. The molecule has 14 nitrogen and oxygen atoms in total. The molecule has 0 spiro atoms. The first-order valence-corrected chi connectivity index (χ1v) is 24.0. The van der Waals surface area contributed by atoms with E-state index in [1.165, 1.54) is 38.5 Å². The van der Waals surface area contributed by atoms with Gasteiger partial charge in [-0.05, 0) is 55.5 Å². The van der Waals surface area contributed by atoms with Crippen LogP contribution >= 0.6 is 11.3 Å². The third-order valence-electron chi connectivity index (χ3n) is 10.9. The van der Waals surface area contributed by atoms with Crippen molar-refractivity contribution >= 4 is 39.7 Å². The van der Waals surface area contributed by atoms with Gasteiger partial charge in [0.15, 0.2) is 11.3 Å². The Labute approximate surface area is 380 Å². The van der Waals surface area contributed by atoms with Gasteiger partial charge in [0.25, 0.3) is 0 Å². The summed E-state index contributed by atoms with van der Waals surface area (Å²) in [6, 6.07) is 10.00. The number of hydrogen-bond acceptors (Lipinski definition) is 14. The van der Waals surface area contributed by atoms with Crippen molar-refractivity contribution in [2.45, 2.75) is 144 Å². The number of rotatable bonds is 38. The predicted molar refractivity (Wildman–Crippen MR) is 247 cm³/mol. The molecular weight excluding hydrogens is 823 g/mol. The Balaban J connectivity index is 1.85. The fourth-order valence-corrected chi connectivity index (χ4v) is 7.88. The molecule has 3 unspecified atom stereocenters. The number of aliphatic hydroxyl groups is 1. The SMILES string of the molecule is CCCCCCCCC(C)CC(=O)OCCOCCOCCN(CCOCCOC(O)CC(CCCCCCCC)C(=O)O)c1ccc(/N=N/c2sc(C#N)c(C)c2C#N)c(C)c1. The van der Waals surface area contributed by atoms with Crippen LogP contribution in [0.15, 0.2) is 28.4 Å². The lowest BCUT2D eigenvalue weighted by molar-refractivity contribution is -0.152. The van der Waals surface area contributed by atoms with Crippen LogP contribution in [0.2, 0.25) is 0 Å². The third-order valence-corrected chi connectivity index (χ3v) is 11.9.